The van der Waals surface area contributed by atoms with Crippen molar-refractivity contribution in [1.82, 2.24) is 0 Å². The maximum Gasteiger partial charge on any atom is 0.322 e. The fraction of sp³-hybridized carbons (Fsp3) is 0.385. The minimum absolute atomic E-state index is 0.0551. The molecule has 0 atom stereocenters. The Morgan fingerprint density at radius 2 is 1.94 bits per heavy atom. The van der Waals surface area contributed by atoms with Gasteiger partial charge in [-0.25, -0.2) is 0 Å². The van der Waals surface area contributed by atoms with Gasteiger partial charge in [0, 0.05) is 0 Å². The quantitative estimate of drug-likeness (QED) is 0.799. The summed E-state index contributed by atoms with van der Waals surface area (Å²) in [6, 6.07) is 9.44. The molecule has 1 aliphatic rings. The number of carbonyl (C=O) groups excluding carboxylic acids is 1. The smallest absolute Gasteiger partial charge is 0.322 e. The summed E-state index contributed by atoms with van der Waals surface area (Å²) < 4.78 is 4.63. The zero-order valence-electron chi connectivity index (χ0n) is 9.80. The number of carboxylic acid groups (broad SMARTS) is 1. The molecule has 0 spiro atoms. The van der Waals surface area contributed by atoms with Crippen LogP contribution in [0.1, 0.15) is 18.4 Å². The van der Waals surface area contributed by atoms with Gasteiger partial charge in [-0.1, -0.05) is 30.3 Å². The number of ether oxygens (including phenoxy) is 1. The number of carbonyl (C=O) groups is 2. The second-order valence-corrected chi connectivity index (χ2v) is 5.60. The second-order valence-electron chi connectivity index (χ2n) is 4.24. The van der Waals surface area contributed by atoms with Crippen LogP contribution in [0.25, 0.3) is 0 Å². The van der Waals surface area contributed by atoms with Crippen molar-refractivity contribution in [2.24, 2.45) is 0 Å². The molecule has 2 rings (SSSR count). The molecule has 0 unspecified atom stereocenters. The molecule has 1 N–H and O–H groups in total. The van der Waals surface area contributed by atoms with E-state index >= 15 is 0 Å². The zero-order valence-corrected chi connectivity index (χ0v) is 10.6. The number of rotatable bonds is 6. The molecule has 0 saturated heterocycles. The maximum atomic E-state index is 11.9. The number of benzene rings is 1. The average Bonchev–Trinajstić information content (AvgIpc) is 3.16. The first-order valence-electron chi connectivity index (χ1n) is 5.69. The molecule has 0 amide bonds. The van der Waals surface area contributed by atoms with E-state index in [9.17, 15) is 9.59 Å². The van der Waals surface area contributed by atoms with Crippen LogP contribution in [0.5, 0.6) is 0 Å². The predicted octanol–water partition coefficient (Wildman–Crippen LogP) is 2.08. The minimum atomic E-state index is -0.901. The van der Waals surface area contributed by atoms with Crippen molar-refractivity contribution in [3.05, 3.63) is 35.9 Å². The van der Waals surface area contributed by atoms with Gasteiger partial charge < -0.3 is 9.84 Å². The first-order chi connectivity index (χ1) is 8.62. The number of hydrogen-bond donors (Lipinski definition) is 1. The highest BCUT2D eigenvalue weighted by molar-refractivity contribution is 8.02. The summed E-state index contributed by atoms with van der Waals surface area (Å²) in [5.41, 5.74) is 0.935. The summed E-state index contributed by atoms with van der Waals surface area (Å²) in [5.74, 6) is -1.25. The number of hydrogen-bond acceptors (Lipinski definition) is 4. The molecule has 1 saturated carbocycles. The zero-order chi connectivity index (χ0) is 13.0. The van der Waals surface area contributed by atoms with Gasteiger partial charge >= 0.3 is 11.9 Å². The Kier molecular flexibility index (Phi) is 3.91. The van der Waals surface area contributed by atoms with E-state index in [1.807, 2.05) is 30.3 Å². The molecular weight excluding hydrogens is 252 g/mol. The molecule has 0 aliphatic heterocycles. The van der Waals surface area contributed by atoms with E-state index in [0.717, 1.165) is 5.56 Å². The van der Waals surface area contributed by atoms with Crippen LogP contribution >= 0.6 is 11.8 Å². The van der Waals surface area contributed by atoms with E-state index in [1.165, 1.54) is 11.8 Å². The Morgan fingerprint density at radius 1 is 1.28 bits per heavy atom. The fourth-order valence-electron chi connectivity index (χ4n) is 1.58. The molecule has 96 valence electrons. The molecule has 1 aliphatic carbocycles. The van der Waals surface area contributed by atoms with Crippen LogP contribution in [0.2, 0.25) is 0 Å². The average molecular weight is 266 g/mol. The number of aliphatic carboxylic acids is 1. The molecule has 1 fully saturated rings. The molecule has 0 radical (unpaired) electrons. The van der Waals surface area contributed by atoms with E-state index in [1.54, 1.807) is 0 Å². The number of carboxylic acids is 1. The van der Waals surface area contributed by atoms with Crippen LogP contribution in [0.3, 0.4) is 0 Å². The number of thioether (sulfide) groups is 1. The molecule has 0 aromatic heterocycles. The highest BCUT2D eigenvalue weighted by Gasteiger charge is 2.52. The van der Waals surface area contributed by atoms with Gasteiger partial charge in [0.15, 0.2) is 0 Å². The van der Waals surface area contributed by atoms with Crippen molar-refractivity contribution >= 4 is 23.7 Å². The minimum Gasteiger partial charge on any atom is -0.481 e. The van der Waals surface area contributed by atoms with Crippen LogP contribution in [0.15, 0.2) is 30.3 Å². The van der Waals surface area contributed by atoms with Gasteiger partial charge in [0.1, 0.15) is 11.4 Å². The topological polar surface area (TPSA) is 63.6 Å². The molecule has 0 heterocycles. The van der Waals surface area contributed by atoms with Crippen LogP contribution < -0.4 is 0 Å². The van der Waals surface area contributed by atoms with Gasteiger partial charge in [-0.2, -0.15) is 0 Å². The summed E-state index contributed by atoms with van der Waals surface area (Å²) >= 11 is 1.17. The Balaban J connectivity index is 1.83. The van der Waals surface area contributed by atoms with Gasteiger partial charge in [-0.05, 0) is 18.4 Å². The first-order valence-corrected chi connectivity index (χ1v) is 6.68. The fourth-order valence-corrected chi connectivity index (χ4v) is 2.54. The third-order valence-corrected chi connectivity index (χ3v) is 4.28. The van der Waals surface area contributed by atoms with E-state index in [0.29, 0.717) is 12.8 Å². The lowest BCUT2D eigenvalue weighted by atomic mass is 10.2. The highest BCUT2D eigenvalue weighted by atomic mass is 32.2. The molecule has 4 nitrogen and oxygen atoms in total. The molecule has 1 aromatic rings. The lowest BCUT2D eigenvalue weighted by molar-refractivity contribution is -0.145. The summed E-state index contributed by atoms with van der Waals surface area (Å²) in [7, 11) is 0. The summed E-state index contributed by atoms with van der Waals surface area (Å²) in [6.45, 7) is 0.245. The molecule has 5 heteroatoms. The van der Waals surface area contributed by atoms with Crippen molar-refractivity contribution in [2.75, 3.05) is 5.75 Å². The van der Waals surface area contributed by atoms with E-state index in [2.05, 4.69) is 0 Å². The van der Waals surface area contributed by atoms with Crippen LogP contribution in [0, 0.1) is 0 Å². The van der Waals surface area contributed by atoms with Crippen molar-refractivity contribution in [3.63, 3.8) is 0 Å². The standard InChI is InChI=1S/C13H14O4S/c14-11(15)9-18-13(6-7-13)12(16)17-8-10-4-2-1-3-5-10/h1-5H,6-9H2,(H,14,15). The summed E-state index contributed by atoms with van der Waals surface area (Å²) in [4.78, 5) is 22.4. The summed E-state index contributed by atoms with van der Waals surface area (Å²) in [5, 5.41) is 8.62. The molecule has 1 aromatic carbocycles. The Hall–Kier alpha value is -1.49. The number of esters is 1. The Morgan fingerprint density at radius 3 is 2.50 bits per heavy atom. The molecule has 18 heavy (non-hydrogen) atoms. The molecule has 0 bridgehead atoms. The summed E-state index contributed by atoms with van der Waals surface area (Å²) in [6.07, 6.45) is 1.41. The van der Waals surface area contributed by atoms with Crippen LogP contribution in [-0.4, -0.2) is 27.5 Å². The maximum absolute atomic E-state index is 11.9. The lowest BCUT2D eigenvalue weighted by Gasteiger charge is -2.12. The van der Waals surface area contributed by atoms with Gasteiger partial charge in [-0.3, -0.25) is 9.59 Å². The van der Waals surface area contributed by atoms with Crippen molar-refractivity contribution in [2.45, 2.75) is 24.2 Å². The highest BCUT2D eigenvalue weighted by Crippen LogP contribution is 2.49. The lowest BCUT2D eigenvalue weighted by Crippen LogP contribution is -2.23. The van der Waals surface area contributed by atoms with Crippen molar-refractivity contribution in [1.29, 1.82) is 0 Å². The van der Waals surface area contributed by atoms with E-state index in [4.69, 9.17) is 9.84 Å². The van der Waals surface area contributed by atoms with Crippen LogP contribution in [-0.2, 0) is 20.9 Å². The predicted molar refractivity (Wildman–Crippen MR) is 68.3 cm³/mol. The Bertz CT molecular complexity index is 440. The largest absolute Gasteiger partial charge is 0.481 e. The second kappa shape index (κ2) is 5.44. The SMILES string of the molecule is O=C(O)CSC1(C(=O)OCc2ccccc2)CC1. The van der Waals surface area contributed by atoms with Gasteiger partial charge in [-0.15, -0.1) is 11.8 Å². The van der Waals surface area contributed by atoms with E-state index in [-0.39, 0.29) is 18.3 Å². The van der Waals surface area contributed by atoms with Gasteiger partial charge in [0.25, 0.3) is 0 Å². The molecular formula is C13H14O4S. The van der Waals surface area contributed by atoms with Gasteiger partial charge in [0.05, 0.1) is 5.75 Å². The van der Waals surface area contributed by atoms with Crippen molar-refractivity contribution < 1.29 is 19.4 Å². The van der Waals surface area contributed by atoms with Crippen LogP contribution in [0.4, 0.5) is 0 Å². The third kappa shape index (κ3) is 3.26. The monoisotopic (exact) mass is 266 g/mol. The van der Waals surface area contributed by atoms with E-state index < -0.39 is 10.7 Å². The van der Waals surface area contributed by atoms with Crippen molar-refractivity contribution in [3.8, 4) is 0 Å². The normalized spacial score (nSPS) is 16.0. The van der Waals surface area contributed by atoms with Gasteiger partial charge in [0.2, 0.25) is 0 Å². The third-order valence-electron chi connectivity index (χ3n) is 2.76. The Labute approximate surface area is 109 Å². The first kappa shape index (κ1) is 13.0.